The second-order valence-electron chi connectivity index (χ2n) is 11.2. The molecule has 0 saturated carbocycles. The van der Waals surface area contributed by atoms with Gasteiger partial charge in [0.05, 0.1) is 16.6 Å². The van der Waals surface area contributed by atoms with Gasteiger partial charge in [-0.15, -0.1) is 0 Å². The Morgan fingerprint density at radius 2 is 1.67 bits per heavy atom. The lowest BCUT2D eigenvalue weighted by Crippen LogP contribution is -2.27. The molecular weight excluding hydrogens is 576 g/mol. The Balaban J connectivity index is 1.44. The highest BCUT2D eigenvalue weighted by Gasteiger charge is 2.32. The molecule has 0 saturated heterocycles. The number of rotatable bonds is 10. The molecule has 216 valence electrons. The van der Waals surface area contributed by atoms with Crippen LogP contribution in [-0.2, 0) is 24.4 Å². The minimum Gasteiger partial charge on any atom is -0.487 e. The van der Waals surface area contributed by atoms with Gasteiger partial charge in [-0.3, -0.25) is 4.79 Å². The standard InChI is InChI=1S/C36H31ClN2O3S/c1-36(2,35(40)41)21-33-34(43-29-9-4-3-5-10-29)30-20-28(42-23-27-17-14-25-8-6-7-11-31(25)38-27)18-19-32(30)39(33)22-24-12-15-26(37)16-13-24/h3-20H,21-23H2,1-2H3,(H,40,41). The van der Waals surface area contributed by atoms with E-state index in [0.717, 1.165) is 54.3 Å². The lowest BCUT2D eigenvalue weighted by atomic mass is 9.88. The Morgan fingerprint density at radius 1 is 0.930 bits per heavy atom. The van der Waals surface area contributed by atoms with Crippen molar-refractivity contribution in [1.29, 1.82) is 0 Å². The molecule has 6 rings (SSSR count). The quantitative estimate of drug-likeness (QED) is 0.168. The van der Waals surface area contributed by atoms with Crippen molar-refractivity contribution >= 4 is 51.1 Å². The van der Waals surface area contributed by atoms with Gasteiger partial charge in [0.2, 0.25) is 0 Å². The number of carbonyl (C=O) groups is 1. The van der Waals surface area contributed by atoms with Gasteiger partial charge in [-0.1, -0.05) is 78.0 Å². The summed E-state index contributed by atoms with van der Waals surface area (Å²) in [6, 6.07) is 36.2. The maximum absolute atomic E-state index is 12.3. The van der Waals surface area contributed by atoms with Gasteiger partial charge in [-0.25, -0.2) is 4.98 Å². The average molecular weight is 607 g/mol. The molecule has 0 atom stereocenters. The van der Waals surface area contributed by atoms with Crippen molar-refractivity contribution in [1.82, 2.24) is 9.55 Å². The third kappa shape index (κ3) is 6.41. The number of pyridine rings is 1. The van der Waals surface area contributed by atoms with Gasteiger partial charge in [0.1, 0.15) is 12.4 Å². The second-order valence-corrected chi connectivity index (χ2v) is 12.8. The van der Waals surface area contributed by atoms with Crippen LogP contribution in [0.15, 0.2) is 119 Å². The van der Waals surface area contributed by atoms with E-state index in [2.05, 4.69) is 34.9 Å². The number of hydrogen-bond donors (Lipinski definition) is 1. The van der Waals surface area contributed by atoms with E-state index < -0.39 is 11.4 Å². The van der Waals surface area contributed by atoms with Crippen molar-refractivity contribution in [3.63, 3.8) is 0 Å². The van der Waals surface area contributed by atoms with Crippen LogP contribution in [0, 0.1) is 5.41 Å². The van der Waals surface area contributed by atoms with Crippen LogP contribution in [0.1, 0.15) is 30.8 Å². The minimum absolute atomic E-state index is 0.335. The summed E-state index contributed by atoms with van der Waals surface area (Å²) >= 11 is 7.84. The van der Waals surface area contributed by atoms with Crippen molar-refractivity contribution in [3.05, 3.63) is 131 Å². The minimum atomic E-state index is -0.973. The highest BCUT2D eigenvalue weighted by atomic mass is 35.5. The molecule has 4 aromatic carbocycles. The number of carboxylic acid groups (broad SMARTS) is 1. The summed E-state index contributed by atoms with van der Waals surface area (Å²) in [5.41, 5.74) is 3.88. The van der Waals surface area contributed by atoms with Crippen molar-refractivity contribution < 1.29 is 14.6 Å². The summed E-state index contributed by atoms with van der Waals surface area (Å²) in [6.07, 6.45) is 0.358. The molecule has 0 bridgehead atoms. The van der Waals surface area contributed by atoms with E-state index in [9.17, 15) is 9.90 Å². The van der Waals surface area contributed by atoms with Crippen LogP contribution in [0.25, 0.3) is 21.8 Å². The van der Waals surface area contributed by atoms with Gasteiger partial charge < -0.3 is 14.4 Å². The van der Waals surface area contributed by atoms with Gasteiger partial charge in [-0.05, 0) is 74.0 Å². The zero-order chi connectivity index (χ0) is 30.0. The third-order valence-corrected chi connectivity index (χ3v) is 8.96. The summed E-state index contributed by atoms with van der Waals surface area (Å²) in [6.45, 7) is 4.47. The number of hydrogen-bond acceptors (Lipinski definition) is 4. The molecule has 0 spiro atoms. The predicted octanol–water partition coefficient (Wildman–Crippen LogP) is 9.27. The summed E-state index contributed by atoms with van der Waals surface area (Å²) in [5.74, 6) is -0.108. The molecule has 0 amide bonds. The first-order chi connectivity index (χ1) is 20.8. The maximum Gasteiger partial charge on any atom is 0.309 e. The van der Waals surface area contributed by atoms with Gasteiger partial charge in [0.25, 0.3) is 0 Å². The monoisotopic (exact) mass is 606 g/mol. The predicted molar refractivity (Wildman–Crippen MR) is 174 cm³/mol. The molecule has 0 aliphatic carbocycles. The van der Waals surface area contributed by atoms with Crippen molar-refractivity contribution in [2.75, 3.05) is 0 Å². The van der Waals surface area contributed by atoms with Crippen molar-refractivity contribution in [2.45, 2.75) is 43.2 Å². The molecule has 43 heavy (non-hydrogen) atoms. The molecule has 0 fully saturated rings. The third-order valence-electron chi connectivity index (χ3n) is 7.54. The number of aromatic nitrogens is 2. The van der Waals surface area contributed by atoms with Gasteiger partial charge in [-0.2, -0.15) is 0 Å². The van der Waals surface area contributed by atoms with E-state index in [1.54, 1.807) is 25.6 Å². The van der Waals surface area contributed by atoms with E-state index in [0.29, 0.717) is 24.6 Å². The van der Waals surface area contributed by atoms with Gasteiger partial charge in [0.15, 0.2) is 0 Å². The number of para-hydroxylation sites is 1. The molecule has 0 unspecified atom stereocenters. The number of aliphatic carboxylic acids is 1. The van der Waals surface area contributed by atoms with E-state index in [1.807, 2.05) is 78.9 Å². The fourth-order valence-electron chi connectivity index (χ4n) is 5.13. The SMILES string of the molecule is CC(C)(Cc1c(Sc2ccccc2)c2cc(OCc3ccc4ccccc4n3)ccc2n1Cc1ccc(Cl)cc1)C(=O)O. The Bertz CT molecular complexity index is 1920. The Morgan fingerprint density at radius 3 is 2.44 bits per heavy atom. The summed E-state index contributed by atoms with van der Waals surface area (Å²) in [7, 11) is 0. The first-order valence-electron chi connectivity index (χ1n) is 14.1. The number of benzene rings is 4. The van der Waals surface area contributed by atoms with Crippen molar-refractivity contribution in [2.24, 2.45) is 5.41 Å². The van der Waals surface area contributed by atoms with Crippen LogP contribution < -0.4 is 4.74 Å². The number of fused-ring (bicyclic) bond motifs is 2. The highest BCUT2D eigenvalue weighted by molar-refractivity contribution is 7.99. The average Bonchev–Trinajstić information content (AvgIpc) is 3.27. The fraction of sp³-hybridized carbons (Fsp3) is 0.167. The molecule has 5 nitrogen and oxygen atoms in total. The van der Waals surface area contributed by atoms with Gasteiger partial charge >= 0.3 is 5.97 Å². The molecule has 0 aliphatic heterocycles. The zero-order valence-electron chi connectivity index (χ0n) is 24.0. The highest BCUT2D eigenvalue weighted by Crippen LogP contribution is 2.42. The molecule has 0 aliphatic rings. The number of ether oxygens (including phenoxy) is 1. The molecule has 7 heteroatoms. The first-order valence-corrected chi connectivity index (χ1v) is 15.3. The Kier molecular flexibility index (Phi) is 8.15. The van der Waals surface area contributed by atoms with Gasteiger partial charge in [0, 0.05) is 49.8 Å². The van der Waals surface area contributed by atoms with Crippen LogP contribution in [0.3, 0.4) is 0 Å². The zero-order valence-corrected chi connectivity index (χ0v) is 25.5. The largest absolute Gasteiger partial charge is 0.487 e. The van der Waals surface area contributed by atoms with Crippen LogP contribution in [0.5, 0.6) is 5.75 Å². The number of carboxylic acids is 1. The normalized spacial score (nSPS) is 11.7. The Labute approximate surface area is 260 Å². The number of halogens is 1. The van der Waals surface area contributed by atoms with Crippen LogP contribution >= 0.6 is 23.4 Å². The Hall–Kier alpha value is -4.26. The molecule has 0 radical (unpaired) electrons. The molecule has 1 N–H and O–H groups in total. The van der Waals surface area contributed by atoms with Crippen LogP contribution in [0.4, 0.5) is 0 Å². The lowest BCUT2D eigenvalue weighted by Gasteiger charge is -2.22. The molecule has 2 heterocycles. The van der Waals surface area contributed by atoms with E-state index in [-0.39, 0.29) is 0 Å². The summed E-state index contributed by atoms with van der Waals surface area (Å²) in [5, 5.41) is 12.9. The summed E-state index contributed by atoms with van der Waals surface area (Å²) < 4.78 is 8.52. The van der Waals surface area contributed by atoms with E-state index in [1.165, 1.54) is 0 Å². The van der Waals surface area contributed by atoms with Crippen LogP contribution in [-0.4, -0.2) is 20.6 Å². The molecule has 2 aromatic heterocycles. The summed E-state index contributed by atoms with van der Waals surface area (Å²) in [4.78, 5) is 19.2. The fourth-order valence-corrected chi connectivity index (χ4v) is 6.36. The maximum atomic E-state index is 12.3. The first kappa shape index (κ1) is 28.8. The topological polar surface area (TPSA) is 64.4 Å². The lowest BCUT2D eigenvalue weighted by molar-refractivity contribution is -0.146. The molecule has 6 aromatic rings. The van der Waals surface area contributed by atoms with Crippen LogP contribution in [0.2, 0.25) is 5.02 Å². The number of nitrogens with zero attached hydrogens (tertiary/aromatic N) is 2. The second kappa shape index (κ2) is 12.2. The van der Waals surface area contributed by atoms with Crippen molar-refractivity contribution in [3.8, 4) is 5.75 Å². The van der Waals surface area contributed by atoms with E-state index >= 15 is 0 Å². The smallest absolute Gasteiger partial charge is 0.309 e. The van der Waals surface area contributed by atoms with E-state index in [4.69, 9.17) is 21.3 Å². The molecular formula is C36H31ClN2O3S.